The number of hydrogen-bond donors (Lipinski definition) is 0. The first-order chi connectivity index (χ1) is 10.3. The van der Waals surface area contributed by atoms with E-state index in [1.807, 2.05) is 17.8 Å². The van der Waals surface area contributed by atoms with Crippen molar-refractivity contribution in [3.63, 3.8) is 0 Å². The Morgan fingerprint density at radius 2 is 2.14 bits per heavy atom. The van der Waals surface area contributed by atoms with Gasteiger partial charge in [0.2, 0.25) is 0 Å². The molecule has 1 fully saturated rings. The van der Waals surface area contributed by atoms with Gasteiger partial charge in [-0.3, -0.25) is 14.3 Å². The summed E-state index contributed by atoms with van der Waals surface area (Å²) in [6, 6.07) is 1.71. The molecular weight excluding hydrogens is 266 g/mol. The molecule has 6 heteroatoms. The summed E-state index contributed by atoms with van der Waals surface area (Å²) < 4.78 is 3.69. The third-order valence-corrected chi connectivity index (χ3v) is 4.08. The molecule has 1 aliphatic rings. The van der Waals surface area contributed by atoms with Gasteiger partial charge in [-0.15, -0.1) is 0 Å². The molecule has 0 bridgehead atoms. The number of nitrogens with zero attached hydrogens (tertiary/aromatic N) is 5. The maximum atomic E-state index is 12.8. The Morgan fingerprint density at radius 3 is 2.86 bits per heavy atom. The highest BCUT2D eigenvalue weighted by atomic mass is 16.1. The number of aromatic nitrogens is 5. The van der Waals surface area contributed by atoms with Gasteiger partial charge in [-0.2, -0.15) is 0 Å². The Labute approximate surface area is 121 Å². The highest BCUT2D eigenvalue weighted by molar-refractivity contribution is 5.75. The SMILES string of the molecule is Cn1ccnc1[C@@H](C1CC1)n1cnc2ccncc2c1=O. The molecular formula is C15H15N5O. The zero-order valence-corrected chi connectivity index (χ0v) is 11.7. The lowest BCUT2D eigenvalue weighted by atomic mass is 10.1. The molecule has 0 spiro atoms. The Bertz CT molecular complexity index is 862. The van der Waals surface area contributed by atoms with Gasteiger partial charge in [-0.1, -0.05) is 0 Å². The van der Waals surface area contributed by atoms with Crippen molar-refractivity contribution >= 4 is 10.9 Å². The summed E-state index contributed by atoms with van der Waals surface area (Å²) in [7, 11) is 1.96. The van der Waals surface area contributed by atoms with Crippen LogP contribution < -0.4 is 5.56 Å². The average molecular weight is 281 g/mol. The van der Waals surface area contributed by atoms with Gasteiger partial charge in [0.25, 0.3) is 5.56 Å². The van der Waals surface area contributed by atoms with E-state index in [-0.39, 0.29) is 11.6 Å². The third kappa shape index (κ3) is 1.94. The van der Waals surface area contributed by atoms with E-state index in [4.69, 9.17) is 0 Å². The van der Waals surface area contributed by atoms with E-state index in [0.29, 0.717) is 16.8 Å². The van der Waals surface area contributed by atoms with Crippen LogP contribution in [0.2, 0.25) is 0 Å². The minimum absolute atomic E-state index is 0.0467. The van der Waals surface area contributed by atoms with Crippen LogP contribution in [0.1, 0.15) is 24.7 Å². The van der Waals surface area contributed by atoms with Crippen molar-refractivity contribution in [3.05, 3.63) is 53.4 Å². The maximum Gasteiger partial charge on any atom is 0.263 e. The molecule has 3 aromatic heterocycles. The van der Waals surface area contributed by atoms with E-state index in [0.717, 1.165) is 18.7 Å². The highest BCUT2D eigenvalue weighted by Crippen LogP contribution is 2.42. The number of rotatable bonds is 3. The molecule has 0 N–H and O–H groups in total. The second kappa shape index (κ2) is 4.51. The lowest BCUT2D eigenvalue weighted by Gasteiger charge is -2.19. The summed E-state index contributed by atoms with van der Waals surface area (Å²) in [5.74, 6) is 1.37. The predicted octanol–water partition coefficient (Wildman–Crippen LogP) is 1.52. The summed E-state index contributed by atoms with van der Waals surface area (Å²) >= 11 is 0. The smallest absolute Gasteiger partial charge is 0.263 e. The molecule has 0 unspecified atom stereocenters. The summed E-state index contributed by atoms with van der Waals surface area (Å²) in [5.41, 5.74) is 0.633. The normalized spacial score (nSPS) is 16.2. The Kier molecular flexibility index (Phi) is 2.63. The van der Waals surface area contributed by atoms with Gasteiger partial charge < -0.3 is 4.57 Å². The van der Waals surface area contributed by atoms with Crippen LogP contribution in [0, 0.1) is 5.92 Å². The largest absolute Gasteiger partial charge is 0.336 e. The first kappa shape index (κ1) is 12.3. The third-order valence-electron chi connectivity index (χ3n) is 4.08. The molecule has 1 aliphatic carbocycles. The molecule has 6 nitrogen and oxygen atoms in total. The van der Waals surface area contributed by atoms with E-state index in [1.165, 1.54) is 0 Å². The first-order valence-corrected chi connectivity index (χ1v) is 7.04. The molecule has 0 saturated heterocycles. The number of fused-ring (bicyclic) bond motifs is 1. The number of imidazole rings is 1. The molecule has 106 valence electrons. The predicted molar refractivity (Wildman–Crippen MR) is 77.9 cm³/mol. The molecule has 1 atom stereocenters. The fraction of sp³-hybridized carbons (Fsp3) is 0.333. The van der Waals surface area contributed by atoms with Crippen LogP contribution in [0.4, 0.5) is 0 Å². The minimum atomic E-state index is -0.0481. The molecule has 0 aromatic carbocycles. The number of hydrogen-bond acceptors (Lipinski definition) is 4. The highest BCUT2D eigenvalue weighted by Gasteiger charge is 2.36. The van der Waals surface area contributed by atoms with Crippen molar-refractivity contribution in [3.8, 4) is 0 Å². The number of pyridine rings is 1. The van der Waals surface area contributed by atoms with Crippen LogP contribution in [-0.4, -0.2) is 24.1 Å². The lowest BCUT2D eigenvalue weighted by Crippen LogP contribution is -2.29. The Hall–Kier alpha value is -2.50. The van der Waals surface area contributed by atoms with Crippen LogP contribution in [0.25, 0.3) is 10.9 Å². The monoisotopic (exact) mass is 281 g/mol. The van der Waals surface area contributed by atoms with Crippen LogP contribution in [0.15, 0.2) is 42.0 Å². The van der Waals surface area contributed by atoms with Gasteiger partial charge in [-0.25, -0.2) is 9.97 Å². The molecule has 3 aromatic rings. The van der Waals surface area contributed by atoms with Gasteiger partial charge in [0.15, 0.2) is 0 Å². The second-order valence-corrected chi connectivity index (χ2v) is 5.53. The zero-order valence-electron chi connectivity index (χ0n) is 11.7. The van der Waals surface area contributed by atoms with Crippen LogP contribution in [-0.2, 0) is 7.05 Å². The summed E-state index contributed by atoms with van der Waals surface area (Å²) in [6.07, 6.45) is 10.8. The number of aryl methyl sites for hydroxylation is 1. The summed E-state index contributed by atoms with van der Waals surface area (Å²) in [4.78, 5) is 25.6. The van der Waals surface area contributed by atoms with Gasteiger partial charge in [0, 0.05) is 31.8 Å². The van der Waals surface area contributed by atoms with E-state index in [1.54, 1.807) is 35.6 Å². The molecule has 21 heavy (non-hydrogen) atoms. The standard InChI is InChI=1S/C15H15N5O/c1-19-7-6-17-14(19)13(10-2-3-10)20-9-18-12-4-5-16-8-11(12)15(20)21/h4-10,13H,2-3H2,1H3/t13-/m1/s1. The van der Waals surface area contributed by atoms with E-state index < -0.39 is 0 Å². The maximum absolute atomic E-state index is 12.8. The molecule has 3 heterocycles. The van der Waals surface area contributed by atoms with Gasteiger partial charge in [-0.05, 0) is 24.8 Å². The lowest BCUT2D eigenvalue weighted by molar-refractivity contribution is 0.463. The second-order valence-electron chi connectivity index (χ2n) is 5.53. The summed E-state index contributed by atoms with van der Waals surface area (Å²) in [5, 5.41) is 0.555. The van der Waals surface area contributed by atoms with Crippen LogP contribution in [0.5, 0.6) is 0 Å². The van der Waals surface area contributed by atoms with Gasteiger partial charge in [0.05, 0.1) is 23.3 Å². The van der Waals surface area contributed by atoms with Crippen molar-refractivity contribution in [1.82, 2.24) is 24.1 Å². The van der Waals surface area contributed by atoms with Crippen molar-refractivity contribution in [2.45, 2.75) is 18.9 Å². The Morgan fingerprint density at radius 1 is 1.29 bits per heavy atom. The van der Waals surface area contributed by atoms with Crippen LogP contribution >= 0.6 is 0 Å². The average Bonchev–Trinajstić information content (AvgIpc) is 3.25. The molecule has 0 aliphatic heterocycles. The van der Waals surface area contributed by atoms with Crippen molar-refractivity contribution in [2.75, 3.05) is 0 Å². The zero-order chi connectivity index (χ0) is 14.4. The molecule has 1 saturated carbocycles. The molecule has 0 amide bonds. The van der Waals surface area contributed by atoms with Crippen molar-refractivity contribution < 1.29 is 0 Å². The topological polar surface area (TPSA) is 65.6 Å². The van der Waals surface area contributed by atoms with Crippen molar-refractivity contribution in [2.24, 2.45) is 13.0 Å². The quantitative estimate of drug-likeness (QED) is 0.730. The van der Waals surface area contributed by atoms with Crippen molar-refractivity contribution in [1.29, 1.82) is 0 Å². The minimum Gasteiger partial charge on any atom is -0.336 e. The van der Waals surface area contributed by atoms with E-state index >= 15 is 0 Å². The Balaban J connectivity index is 1.93. The van der Waals surface area contributed by atoms with E-state index in [2.05, 4.69) is 15.0 Å². The van der Waals surface area contributed by atoms with E-state index in [9.17, 15) is 4.79 Å². The van der Waals surface area contributed by atoms with Crippen LogP contribution in [0.3, 0.4) is 0 Å². The fourth-order valence-electron chi connectivity index (χ4n) is 2.81. The van der Waals surface area contributed by atoms with Gasteiger partial charge in [0.1, 0.15) is 5.82 Å². The summed E-state index contributed by atoms with van der Waals surface area (Å²) in [6.45, 7) is 0. The molecule has 4 rings (SSSR count). The molecule has 0 radical (unpaired) electrons. The van der Waals surface area contributed by atoms with Gasteiger partial charge >= 0.3 is 0 Å². The first-order valence-electron chi connectivity index (χ1n) is 7.04. The fourth-order valence-corrected chi connectivity index (χ4v) is 2.81.